The monoisotopic (exact) mass is 270 g/mol. The van der Waals surface area contributed by atoms with E-state index in [1.165, 1.54) is 6.92 Å². The lowest BCUT2D eigenvalue weighted by molar-refractivity contribution is -0.158. The van der Waals surface area contributed by atoms with E-state index in [1.54, 1.807) is 0 Å². The van der Waals surface area contributed by atoms with Crippen molar-refractivity contribution in [1.82, 2.24) is 0 Å². The lowest BCUT2D eigenvalue weighted by atomic mass is 9.88. The molecule has 0 aromatic heterocycles. The van der Waals surface area contributed by atoms with E-state index in [4.69, 9.17) is 0 Å². The minimum absolute atomic E-state index is 0.131. The molecule has 0 radical (unpaired) electrons. The molecule has 0 bridgehead atoms. The number of esters is 4. The molecule has 0 spiro atoms. The summed E-state index contributed by atoms with van der Waals surface area (Å²) in [4.78, 5) is 44.4. The van der Waals surface area contributed by atoms with Gasteiger partial charge in [-0.3, -0.25) is 19.2 Å². The van der Waals surface area contributed by atoms with Gasteiger partial charge in [-0.1, -0.05) is 13.3 Å². The number of hydrogen-bond donors (Lipinski definition) is 0. The van der Waals surface area contributed by atoms with Crippen LogP contribution in [0.15, 0.2) is 0 Å². The summed E-state index contributed by atoms with van der Waals surface area (Å²) in [6.07, 6.45) is 2.33. The molecule has 2 atom stereocenters. The van der Waals surface area contributed by atoms with Gasteiger partial charge in [0, 0.05) is 13.3 Å². The molecule has 2 unspecified atom stereocenters. The van der Waals surface area contributed by atoms with Crippen LogP contribution in [0.2, 0.25) is 0 Å². The Balaban J connectivity index is 2.29. The van der Waals surface area contributed by atoms with Gasteiger partial charge in [0.2, 0.25) is 0 Å². The fourth-order valence-corrected chi connectivity index (χ4v) is 2.19. The number of ether oxygens (including phenoxy) is 2. The Morgan fingerprint density at radius 1 is 1.16 bits per heavy atom. The van der Waals surface area contributed by atoms with Gasteiger partial charge in [0.05, 0.1) is 11.8 Å². The molecule has 106 valence electrons. The first-order valence-electron chi connectivity index (χ1n) is 6.42. The first-order valence-corrected chi connectivity index (χ1v) is 6.42. The van der Waals surface area contributed by atoms with Crippen molar-refractivity contribution in [2.75, 3.05) is 0 Å². The Morgan fingerprint density at radius 3 is 2.37 bits per heavy atom. The van der Waals surface area contributed by atoms with Crippen molar-refractivity contribution in [3.63, 3.8) is 0 Å². The molecule has 0 aromatic carbocycles. The first kappa shape index (κ1) is 15.3. The van der Waals surface area contributed by atoms with E-state index < -0.39 is 29.8 Å². The van der Waals surface area contributed by atoms with Gasteiger partial charge in [0.1, 0.15) is 0 Å². The maximum Gasteiger partial charge on any atom is 0.317 e. The molecule has 0 aliphatic carbocycles. The molecule has 0 N–H and O–H groups in total. The van der Waals surface area contributed by atoms with Gasteiger partial charge in [0.25, 0.3) is 0 Å². The van der Waals surface area contributed by atoms with E-state index in [-0.39, 0.29) is 12.3 Å². The highest BCUT2D eigenvalue weighted by molar-refractivity contribution is 5.96. The molecule has 6 nitrogen and oxygen atoms in total. The maximum atomic E-state index is 11.4. The third-order valence-corrected chi connectivity index (χ3v) is 3.14. The predicted molar refractivity (Wildman–Crippen MR) is 63.6 cm³/mol. The average molecular weight is 270 g/mol. The first-order chi connectivity index (χ1) is 8.95. The van der Waals surface area contributed by atoms with Crippen LogP contribution in [0.25, 0.3) is 0 Å². The zero-order chi connectivity index (χ0) is 14.4. The molecule has 1 fully saturated rings. The van der Waals surface area contributed by atoms with Crippen molar-refractivity contribution < 1.29 is 28.7 Å². The van der Waals surface area contributed by atoms with Gasteiger partial charge < -0.3 is 9.47 Å². The van der Waals surface area contributed by atoms with E-state index in [0.29, 0.717) is 25.7 Å². The quantitative estimate of drug-likeness (QED) is 0.411. The molecule has 1 saturated heterocycles. The number of rotatable bonds is 6. The summed E-state index contributed by atoms with van der Waals surface area (Å²) in [5.41, 5.74) is 0. The highest BCUT2D eigenvalue weighted by atomic mass is 16.6. The van der Waals surface area contributed by atoms with Crippen LogP contribution in [0.5, 0.6) is 0 Å². The summed E-state index contributed by atoms with van der Waals surface area (Å²) < 4.78 is 8.97. The van der Waals surface area contributed by atoms with Crippen molar-refractivity contribution in [1.29, 1.82) is 0 Å². The Bertz CT molecular complexity index is 387. The molecular formula is C13H18O6. The van der Waals surface area contributed by atoms with Crippen LogP contribution in [0.1, 0.15) is 46.0 Å². The zero-order valence-electron chi connectivity index (χ0n) is 11.1. The third kappa shape index (κ3) is 4.46. The predicted octanol–water partition coefficient (Wildman–Crippen LogP) is 1.36. The summed E-state index contributed by atoms with van der Waals surface area (Å²) in [5.74, 6) is -2.87. The Morgan fingerprint density at radius 2 is 1.79 bits per heavy atom. The third-order valence-electron chi connectivity index (χ3n) is 3.14. The van der Waals surface area contributed by atoms with Crippen LogP contribution in [0, 0.1) is 11.8 Å². The van der Waals surface area contributed by atoms with Gasteiger partial charge in [-0.15, -0.1) is 0 Å². The minimum Gasteiger partial charge on any atom is -0.393 e. The van der Waals surface area contributed by atoms with Crippen LogP contribution in [-0.4, -0.2) is 23.9 Å². The minimum atomic E-state index is -0.624. The topological polar surface area (TPSA) is 86.7 Å². The normalized spacial score (nSPS) is 22.2. The lowest BCUT2D eigenvalue weighted by Gasteiger charge is -2.10. The van der Waals surface area contributed by atoms with Gasteiger partial charge in [-0.25, -0.2) is 0 Å². The van der Waals surface area contributed by atoms with Crippen LogP contribution in [0.3, 0.4) is 0 Å². The van der Waals surface area contributed by atoms with Gasteiger partial charge >= 0.3 is 23.9 Å². The summed E-state index contributed by atoms with van der Waals surface area (Å²) >= 11 is 0. The molecule has 1 rings (SSSR count). The Labute approximate surface area is 111 Å². The fraction of sp³-hybridized carbons (Fsp3) is 0.692. The summed E-state index contributed by atoms with van der Waals surface area (Å²) in [6, 6.07) is 0. The van der Waals surface area contributed by atoms with E-state index in [0.717, 1.165) is 0 Å². The summed E-state index contributed by atoms with van der Waals surface area (Å²) in [5, 5.41) is 0. The summed E-state index contributed by atoms with van der Waals surface area (Å²) in [6.45, 7) is 3.01. The Kier molecular flexibility index (Phi) is 5.66. The SMILES string of the molecule is CCC1C(=O)OC(=O)C1CCCCC(=O)OC(C)=O. The molecule has 0 aromatic rings. The van der Waals surface area contributed by atoms with Crippen LogP contribution in [0.4, 0.5) is 0 Å². The van der Waals surface area contributed by atoms with E-state index >= 15 is 0 Å². The van der Waals surface area contributed by atoms with E-state index in [9.17, 15) is 19.2 Å². The molecule has 6 heteroatoms. The molecule has 1 heterocycles. The average Bonchev–Trinajstić information content (AvgIpc) is 2.58. The molecule has 0 amide bonds. The molecular weight excluding hydrogens is 252 g/mol. The number of unbranched alkanes of at least 4 members (excludes halogenated alkanes) is 1. The Hall–Kier alpha value is -1.72. The second kappa shape index (κ2) is 7.01. The van der Waals surface area contributed by atoms with Crippen molar-refractivity contribution in [2.24, 2.45) is 11.8 Å². The van der Waals surface area contributed by atoms with Crippen molar-refractivity contribution in [2.45, 2.75) is 46.0 Å². The second-order valence-corrected chi connectivity index (χ2v) is 4.57. The van der Waals surface area contributed by atoms with Crippen LogP contribution >= 0.6 is 0 Å². The molecule has 19 heavy (non-hydrogen) atoms. The smallest absolute Gasteiger partial charge is 0.317 e. The van der Waals surface area contributed by atoms with Gasteiger partial charge in [-0.2, -0.15) is 0 Å². The molecule has 1 aliphatic rings. The summed E-state index contributed by atoms with van der Waals surface area (Å²) in [7, 11) is 0. The van der Waals surface area contributed by atoms with E-state index in [2.05, 4.69) is 9.47 Å². The number of cyclic esters (lactones) is 2. The van der Waals surface area contributed by atoms with Crippen LogP contribution in [-0.2, 0) is 28.7 Å². The van der Waals surface area contributed by atoms with Crippen molar-refractivity contribution >= 4 is 23.9 Å². The lowest BCUT2D eigenvalue weighted by Crippen LogP contribution is -2.17. The standard InChI is InChI=1S/C13H18O6/c1-3-9-10(13(17)19-12(9)16)6-4-5-7-11(15)18-8(2)14/h9-10H,3-7H2,1-2H3. The second-order valence-electron chi connectivity index (χ2n) is 4.57. The highest BCUT2D eigenvalue weighted by Gasteiger charge is 2.42. The highest BCUT2D eigenvalue weighted by Crippen LogP contribution is 2.30. The number of hydrogen-bond acceptors (Lipinski definition) is 6. The largest absolute Gasteiger partial charge is 0.393 e. The molecule has 0 saturated carbocycles. The zero-order valence-corrected chi connectivity index (χ0v) is 11.1. The van der Waals surface area contributed by atoms with Gasteiger partial charge in [0.15, 0.2) is 0 Å². The number of carbonyl (C=O) groups is 4. The fourth-order valence-electron chi connectivity index (χ4n) is 2.19. The molecule has 1 aliphatic heterocycles. The van der Waals surface area contributed by atoms with E-state index in [1.807, 2.05) is 6.92 Å². The maximum absolute atomic E-state index is 11.4. The van der Waals surface area contributed by atoms with Gasteiger partial charge in [-0.05, 0) is 19.3 Å². The van der Waals surface area contributed by atoms with Crippen molar-refractivity contribution in [3.8, 4) is 0 Å². The number of carbonyl (C=O) groups excluding carboxylic acids is 4. The van der Waals surface area contributed by atoms with Crippen molar-refractivity contribution in [3.05, 3.63) is 0 Å². The van der Waals surface area contributed by atoms with Crippen LogP contribution < -0.4 is 0 Å².